The maximum absolute atomic E-state index is 12.4. The lowest BCUT2D eigenvalue weighted by Crippen LogP contribution is -2.38. The van der Waals surface area contributed by atoms with Crippen LogP contribution in [0.2, 0.25) is 0 Å². The van der Waals surface area contributed by atoms with Gasteiger partial charge in [0.1, 0.15) is 10.9 Å². The number of anilines is 1. The first-order valence-corrected chi connectivity index (χ1v) is 7.14. The molecule has 1 atom stereocenters. The molecule has 1 aromatic carbocycles. The molecule has 4 nitrogen and oxygen atoms in total. The van der Waals surface area contributed by atoms with E-state index in [2.05, 4.69) is 0 Å². The van der Waals surface area contributed by atoms with Gasteiger partial charge in [0, 0.05) is 17.6 Å². The average molecular weight is 313 g/mol. The third kappa shape index (κ3) is 2.07. The van der Waals surface area contributed by atoms with Crippen molar-refractivity contribution < 1.29 is 9.59 Å². The molecule has 0 spiro atoms. The minimum absolute atomic E-state index is 0.0660. The molecule has 0 radical (unpaired) electrons. The van der Waals surface area contributed by atoms with Crippen molar-refractivity contribution in [2.45, 2.75) is 17.7 Å². The van der Waals surface area contributed by atoms with Crippen LogP contribution in [0.4, 0.5) is 10.5 Å². The summed E-state index contributed by atoms with van der Waals surface area (Å²) in [5.74, 6) is -0.212. The Labute approximate surface area is 127 Å². The summed E-state index contributed by atoms with van der Waals surface area (Å²) in [4.78, 5) is 27.2. The third-order valence-electron chi connectivity index (χ3n) is 4.00. The molecule has 0 unspecified atom stereocenters. The van der Waals surface area contributed by atoms with Crippen LogP contribution in [-0.2, 0) is 4.79 Å². The van der Waals surface area contributed by atoms with Crippen molar-refractivity contribution in [3.05, 3.63) is 30.3 Å². The number of carbonyl (C=O) groups is 2. The molecule has 1 aliphatic carbocycles. The van der Waals surface area contributed by atoms with Gasteiger partial charge in [-0.25, -0.2) is 4.79 Å². The highest BCUT2D eigenvalue weighted by Gasteiger charge is 2.64. The first-order valence-electron chi connectivity index (χ1n) is 6.39. The molecule has 20 heavy (non-hydrogen) atoms. The minimum Gasteiger partial charge on any atom is -0.285 e. The van der Waals surface area contributed by atoms with Crippen molar-refractivity contribution in [3.63, 3.8) is 0 Å². The van der Waals surface area contributed by atoms with Gasteiger partial charge >= 0.3 is 6.03 Å². The fourth-order valence-electron chi connectivity index (χ4n) is 2.47. The van der Waals surface area contributed by atoms with Crippen LogP contribution in [0.5, 0.6) is 0 Å². The van der Waals surface area contributed by atoms with Crippen LogP contribution in [0.1, 0.15) is 13.3 Å². The normalized spacial score (nSPS) is 28.1. The van der Waals surface area contributed by atoms with Gasteiger partial charge in [-0.15, -0.1) is 23.2 Å². The maximum atomic E-state index is 12.4. The molecule has 6 heteroatoms. The average Bonchev–Trinajstić information content (AvgIpc) is 2.78. The number of imide groups is 1. The molecule has 1 saturated heterocycles. The maximum Gasteiger partial charge on any atom is 0.331 e. The number of alkyl halides is 2. The highest BCUT2D eigenvalue weighted by Crippen LogP contribution is 2.64. The van der Waals surface area contributed by atoms with E-state index in [1.165, 1.54) is 9.80 Å². The van der Waals surface area contributed by atoms with Crippen LogP contribution >= 0.6 is 23.2 Å². The molecular weight excluding hydrogens is 299 g/mol. The number of benzene rings is 1. The Bertz CT molecular complexity index is 576. The number of hydrogen-bond donors (Lipinski definition) is 0. The molecule has 1 aliphatic heterocycles. The van der Waals surface area contributed by atoms with E-state index in [-0.39, 0.29) is 25.0 Å². The largest absolute Gasteiger partial charge is 0.331 e. The van der Waals surface area contributed by atoms with Crippen molar-refractivity contribution in [1.29, 1.82) is 0 Å². The van der Waals surface area contributed by atoms with Gasteiger partial charge in [-0.3, -0.25) is 14.6 Å². The van der Waals surface area contributed by atoms with E-state index in [1.807, 2.05) is 25.1 Å². The summed E-state index contributed by atoms with van der Waals surface area (Å²) in [5, 5.41) is 0. The quantitative estimate of drug-likeness (QED) is 0.636. The topological polar surface area (TPSA) is 40.6 Å². The second kappa shape index (κ2) is 4.37. The molecular formula is C14H14Cl2N2O2. The standard InChI is InChI=1S/C14H14Cl2N2O2/c1-13(8-14(13,15)16)9-18-11(19)7-17(12(18)20)10-5-3-2-4-6-10/h2-6H,7-9H2,1H3/t13-/m1/s1. The van der Waals surface area contributed by atoms with Gasteiger partial charge in [-0.2, -0.15) is 0 Å². The van der Waals surface area contributed by atoms with Gasteiger partial charge < -0.3 is 0 Å². The molecule has 3 rings (SSSR count). The Morgan fingerprint density at radius 3 is 2.35 bits per heavy atom. The van der Waals surface area contributed by atoms with E-state index in [4.69, 9.17) is 23.2 Å². The smallest absolute Gasteiger partial charge is 0.285 e. The molecule has 0 aromatic heterocycles. The number of nitrogens with zero attached hydrogens (tertiary/aromatic N) is 2. The third-order valence-corrected chi connectivity index (χ3v) is 5.18. The first kappa shape index (κ1) is 13.7. The van der Waals surface area contributed by atoms with Crippen LogP contribution in [0.15, 0.2) is 30.3 Å². The highest BCUT2D eigenvalue weighted by molar-refractivity contribution is 6.51. The fourth-order valence-corrected chi connectivity index (χ4v) is 3.18. The fraction of sp³-hybridized carbons (Fsp3) is 0.429. The molecule has 3 amide bonds. The Morgan fingerprint density at radius 1 is 1.20 bits per heavy atom. The van der Waals surface area contributed by atoms with Gasteiger partial charge in [0.05, 0.1) is 0 Å². The summed E-state index contributed by atoms with van der Waals surface area (Å²) in [5.41, 5.74) is 0.311. The Morgan fingerprint density at radius 2 is 1.80 bits per heavy atom. The van der Waals surface area contributed by atoms with Gasteiger partial charge in [-0.1, -0.05) is 25.1 Å². The lowest BCUT2D eigenvalue weighted by atomic mass is 10.1. The second-order valence-electron chi connectivity index (χ2n) is 5.63. The summed E-state index contributed by atoms with van der Waals surface area (Å²) >= 11 is 12.2. The zero-order chi connectivity index (χ0) is 14.5. The number of amides is 3. The summed E-state index contributed by atoms with van der Waals surface area (Å²) in [7, 11) is 0. The van der Waals surface area contributed by atoms with Crippen LogP contribution < -0.4 is 4.90 Å². The number of halogens is 2. The van der Waals surface area contributed by atoms with Crippen LogP contribution in [0.25, 0.3) is 0 Å². The van der Waals surface area contributed by atoms with Crippen molar-refractivity contribution in [3.8, 4) is 0 Å². The van der Waals surface area contributed by atoms with Gasteiger partial charge in [0.25, 0.3) is 5.91 Å². The number of hydrogen-bond acceptors (Lipinski definition) is 2. The Hall–Kier alpha value is -1.26. The van der Waals surface area contributed by atoms with Gasteiger partial charge in [0.15, 0.2) is 0 Å². The summed E-state index contributed by atoms with van der Waals surface area (Å²) in [6.45, 7) is 2.22. The molecule has 1 aromatic rings. The zero-order valence-corrected chi connectivity index (χ0v) is 12.5. The van der Waals surface area contributed by atoms with Crippen molar-refractivity contribution >= 4 is 40.8 Å². The van der Waals surface area contributed by atoms with E-state index in [1.54, 1.807) is 12.1 Å². The van der Waals surface area contributed by atoms with Gasteiger partial charge in [0.2, 0.25) is 0 Å². The van der Waals surface area contributed by atoms with Crippen molar-refractivity contribution in [2.24, 2.45) is 5.41 Å². The van der Waals surface area contributed by atoms with Crippen molar-refractivity contribution in [2.75, 3.05) is 18.0 Å². The predicted octanol–water partition coefficient (Wildman–Crippen LogP) is 3.04. The SMILES string of the molecule is C[C@]1(CN2C(=O)CN(c3ccccc3)C2=O)CC1(Cl)Cl. The van der Waals surface area contributed by atoms with Crippen LogP contribution in [0.3, 0.4) is 0 Å². The first-order chi connectivity index (χ1) is 9.34. The van der Waals surface area contributed by atoms with E-state index in [0.717, 1.165) is 5.69 Å². The summed E-state index contributed by atoms with van der Waals surface area (Å²) in [6, 6.07) is 8.84. The monoisotopic (exact) mass is 312 g/mol. The van der Waals surface area contributed by atoms with Crippen LogP contribution in [0, 0.1) is 5.41 Å². The zero-order valence-electron chi connectivity index (χ0n) is 11.0. The Kier molecular flexibility index (Phi) is 2.99. The molecule has 1 heterocycles. The highest BCUT2D eigenvalue weighted by atomic mass is 35.5. The number of urea groups is 1. The number of rotatable bonds is 3. The predicted molar refractivity (Wildman–Crippen MR) is 78.1 cm³/mol. The van der Waals surface area contributed by atoms with Crippen molar-refractivity contribution in [1.82, 2.24) is 4.90 Å². The number of carbonyl (C=O) groups excluding carboxylic acids is 2. The molecule has 2 fully saturated rings. The summed E-state index contributed by atoms with van der Waals surface area (Å²) < 4.78 is -0.840. The molecule has 0 N–H and O–H groups in total. The lowest BCUT2D eigenvalue weighted by molar-refractivity contribution is -0.125. The lowest BCUT2D eigenvalue weighted by Gasteiger charge is -2.21. The Balaban J connectivity index is 1.78. The number of para-hydroxylation sites is 1. The second-order valence-corrected chi connectivity index (χ2v) is 7.11. The summed E-state index contributed by atoms with van der Waals surface area (Å²) in [6.07, 6.45) is 0.589. The van der Waals surface area contributed by atoms with E-state index in [0.29, 0.717) is 6.42 Å². The molecule has 1 saturated carbocycles. The van der Waals surface area contributed by atoms with Crippen LogP contribution in [-0.4, -0.2) is 34.3 Å². The molecule has 2 aliphatic rings. The van der Waals surface area contributed by atoms with E-state index >= 15 is 0 Å². The van der Waals surface area contributed by atoms with E-state index < -0.39 is 9.75 Å². The van der Waals surface area contributed by atoms with Gasteiger partial charge in [-0.05, 0) is 18.6 Å². The van der Waals surface area contributed by atoms with E-state index in [9.17, 15) is 9.59 Å². The molecule has 0 bridgehead atoms. The molecule has 106 valence electrons. The minimum atomic E-state index is -0.840.